The van der Waals surface area contributed by atoms with Crippen molar-refractivity contribution in [2.45, 2.75) is 24.9 Å². The van der Waals surface area contributed by atoms with E-state index in [-0.39, 0.29) is 13.0 Å². The molecule has 0 unspecified atom stereocenters. The van der Waals surface area contributed by atoms with Gasteiger partial charge in [0.25, 0.3) is 5.91 Å². The Morgan fingerprint density at radius 3 is 2.50 bits per heavy atom. The maximum Gasteiger partial charge on any atom is 0.463 e. The Kier molecular flexibility index (Phi) is 4.66. The summed E-state index contributed by atoms with van der Waals surface area (Å²) < 4.78 is 60.6. The normalized spacial score (nSPS) is 17.3. The molecule has 0 atom stereocenters. The van der Waals surface area contributed by atoms with E-state index in [2.05, 4.69) is 5.32 Å². The highest BCUT2D eigenvalue weighted by atomic mass is 19.4. The third kappa shape index (κ3) is 3.66. The molecule has 0 aliphatic carbocycles. The lowest BCUT2D eigenvalue weighted by Crippen LogP contribution is -2.50. The van der Waals surface area contributed by atoms with E-state index < -0.39 is 18.0 Å². The van der Waals surface area contributed by atoms with Gasteiger partial charge >= 0.3 is 12.1 Å². The molecule has 0 aromatic carbocycles. The highest BCUT2D eigenvalue weighted by Gasteiger charge is 2.63. The van der Waals surface area contributed by atoms with Crippen LogP contribution in [0.2, 0.25) is 0 Å². The molecule has 0 spiro atoms. The molecule has 1 rings (SSSR count). The third-order valence-electron chi connectivity index (χ3n) is 2.53. The third-order valence-corrected chi connectivity index (χ3v) is 2.53. The Labute approximate surface area is 100 Å². The van der Waals surface area contributed by atoms with Crippen LogP contribution in [0.25, 0.3) is 0 Å². The van der Waals surface area contributed by atoms with Gasteiger partial charge in [-0.05, 0) is 19.4 Å². The lowest BCUT2D eigenvalue weighted by atomic mass is 10.1. The second kappa shape index (κ2) is 5.64. The van der Waals surface area contributed by atoms with Gasteiger partial charge in [0.15, 0.2) is 0 Å². The van der Waals surface area contributed by atoms with Crippen molar-refractivity contribution in [2.24, 2.45) is 0 Å². The van der Waals surface area contributed by atoms with Gasteiger partial charge < -0.3 is 10.6 Å². The fourth-order valence-corrected chi connectivity index (χ4v) is 1.47. The van der Waals surface area contributed by atoms with E-state index in [9.17, 15) is 26.7 Å². The van der Waals surface area contributed by atoms with E-state index in [0.717, 1.165) is 12.1 Å². The minimum Gasteiger partial charge on any atom is -0.350 e. The largest absolute Gasteiger partial charge is 0.463 e. The average Bonchev–Trinajstić information content (AvgIpc) is 2.28. The smallest absolute Gasteiger partial charge is 0.350 e. The molecule has 18 heavy (non-hydrogen) atoms. The van der Waals surface area contributed by atoms with Gasteiger partial charge in [0.1, 0.15) is 0 Å². The average molecular weight is 272 g/mol. The number of carbonyl (C=O) groups excluding carboxylic acids is 1. The van der Waals surface area contributed by atoms with Crippen LogP contribution in [0.3, 0.4) is 0 Å². The summed E-state index contributed by atoms with van der Waals surface area (Å²) in [4.78, 5) is 10.7. The molecule has 2 N–H and O–H groups in total. The van der Waals surface area contributed by atoms with Crippen LogP contribution in [-0.4, -0.2) is 37.6 Å². The summed E-state index contributed by atoms with van der Waals surface area (Å²) in [5, 5.41) is 4.63. The summed E-state index contributed by atoms with van der Waals surface area (Å²) in [6, 6.07) is 0. The van der Waals surface area contributed by atoms with E-state index in [1.807, 2.05) is 6.08 Å². The highest BCUT2D eigenvalue weighted by molar-refractivity contribution is 5.84. The molecule has 0 saturated carbocycles. The van der Waals surface area contributed by atoms with E-state index in [0.29, 0.717) is 13.0 Å². The number of amides is 1. The van der Waals surface area contributed by atoms with Crippen LogP contribution in [0, 0.1) is 0 Å². The first-order chi connectivity index (χ1) is 8.25. The maximum absolute atomic E-state index is 12.5. The van der Waals surface area contributed by atoms with Crippen LogP contribution in [0.5, 0.6) is 0 Å². The van der Waals surface area contributed by atoms with Gasteiger partial charge in [0.2, 0.25) is 0 Å². The topological polar surface area (TPSA) is 41.1 Å². The van der Waals surface area contributed by atoms with E-state index in [1.54, 1.807) is 5.32 Å². The summed E-state index contributed by atoms with van der Waals surface area (Å²) in [7, 11) is 0. The Bertz CT molecular complexity index is 338. The first kappa shape index (κ1) is 14.9. The van der Waals surface area contributed by atoms with Crippen LogP contribution in [-0.2, 0) is 4.79 Å². The molecule has 1 aliphatic heterocycles. The fourth-order valence-electron chi connectivity index (χ4n) is 1.47. The van der Waals surface area contributed by atoms with Crippen LogP contribution in [0.15, 0.2) is 11.6 Å². The Morgan fingerprint density at radius 1 is 1.33 bits per heavy atom. The van der Waals surface area contributed by atoms with Crippen LogP contribution in [0.1, 0.15) is 12.8 Å². The molecule has 8 heteroatoms. The summed E-state index contributed by atoms with van der Waals surface area (Å²) >= 11 is 0. The standard InChI is InChI=1S/C10H13F5N2O/c11-9(12,10(13,14)15)8(18)17-6-3-7-1-4-16-5-2-7/h1,16H,2-6H2,(H,17,18). The van der Waals surface area contributed by atoms with Crippen molar-refractivity contribution < 1.29 is 26.7 Å². The van der Waals surface area contributed by atoms with Crippen molar-refractivity contribution in [1.82, 2.24) is 10.6 Å². The van der Waals surface area contributed by atoms with Crippen LogP contribution < -0.4 is 10.6 Å². The predicted octanol–water partition coefficient (Wildman–Crippen LogP) is 1.61. The molecule has 0 aromatic rings. The molecule has 1 aliphatic rings. The first-order valence-corrected chi connectivity index (χ1v) is 5.36. The van der Waals surface area contributed by atoms with Gasteiger partial charge in [-0.25, -0.2) is 0 Å². The summed E-state index contributed by atoms with van der Waals surface area (Å²) in [5.41, 5.74) is 0.935. The van der Waals surface area contributed by atoms with Gasteiger partial charge in [-0.15, -0.1) is 0 Å². The van der Waals surface area contributed by atoms with Crippen molar-refractivity contribution >= 4 is 5.91 Å². The number of hydrogen-bond donors (Lipinski definition) is 2. The SMILES string of the molecule is O=C(NCCC1=CCNCC1)C(F)(F)C(F)(F)F. The number of nitrogens with one attached hydrogen (secondary N) is 2. The Balaban J connectivity index is 2.39. The Morgan fingerprint density at radius 2 is 2.00 bits per heavy atom. The van der Waals surface area contributed by atoms with Gasteiger partial charge in [-0.3, -0.25) is 4.79 Å². The monoisotopic (exact) mass is 272 g/mol. The molecule has 0 bridgehead atoms. The molecule has 104 valence electrons. The first-order valence-electron chi connectivity index (χ1n) is 5.36. The molecule has 3 nitrogen and oxygen atoms in total. The molecule has 0 aromatic heterocycles. The van der Waals surface area contributed by atoms with Crippen molar-refractivity contribution in [2.75, 3.05) is 19.6 Å². The maximum atomic E-state index is 12.5. The summed E-state index contributed by atoms with van der Waals surface area (Å²) in [6.45, 7) is 1.15. The van der Waals surface area contributed by atoms with Gasteiger partial charge in [0.05, 0.1) is 0 Å². The molecular weight excluding hydrogens is 259 g/mol. The summed E-state index contributed by atoms with van der Waals surface area (Å²) in [5.74, 6) is -7.64. The lowest BCUT2D eigenvalue weighted by molar-refractivity contribution is -0.269. The van der Waals surface area contributed by atoms with Gasteiger partial charge in [-0.1, -0.05) is 11.6 Å². The van der Waals surface area contributed by atoms with Gasteiger partial charge in [-0.2, -0.15) is 22.0 Å². The number of carbonyl (C=O) groups is 1. The molecule has 0 fully saturated rings. The summed E-state index contributed by atoms with van der Waals surface area (Å²) in [6.07, 6.45) is -3.05. The van der Waals surface area contributed by atoms with E-state index in [1.165, 1.54) is 0 Å². The van der Waals surface area contributed by atoms with E-state index >= 15 is 0 Å². The molecule has 1 heterocycles. The second-order valence-corrected chi connectivity index (χ2v) is 3.89. The quantitative estimate of drug-likeness (QED) is 0.603. The predicted molar refractivity (Wildman–Crippen MR) is 54.2 cm³/mol. The molecule has 0 radical (unpaired) electrons. The second-order valence-electron chi connectivity index (χ2n) is 3.89. The lowest BCUT2D eigenvalue weighted by Gasteiger charge is -2.19. The van der Waals surface area contributed by atoms with Crippen LogP contribution >= 0.6 is 0 Å². The zero-order valence-corrected chi connectivity index (χ0v) is 9.41. The Hall–Kier alpha value is -1.18. The van der Waals surface area contributed by atoms with Crippen molar-refractivity contribution in [3.63, 3.8) is 0 Å². The zero-order valence-electron chi connectivity index (χ0n) is 9.41. The molecule has 1 amide bonds. The minimum atomic E-state index is -5.86. The van der Waals surface area contributed by atoms with Crippen molar-refractivity contribution in [3.8, 4) is 0 Å². The number of rotatable bonds is 4. The van der Waals surface area contributed by atoms with Crippen molar-refractivity contribution in [3.05, 3.63) is 11.6 Å². The van der Waals surface area contributed by atoms with Crippen LogP contribution in [0.4, 0.5) is 22.0 Å². The van der Waals surface area contributed by atoms with Crippen molar-refractivity contribution in [1.29, 1.82) is 0 Å². The van der Waals surface area contributed by atoms with E-state index in [4.69, 9.17) is 0 Å². The number of alkyl halides is 5. The number of hydrogen-bond acceptors (Lipinski definition) is 2. The highest BCUT2D eigenvalue weighted by Crippen LogP contribution is 2.35. The number of halogens is 5. The zero-order chi connectivity index (χ0) is 13.8. The minimum absolute atomic E-state index is 0.226. The molecular formula is C10H13F5N2O. The fraction of sp³-hybridized carbons (Fsp3) is 0.700. The molecule has 0 saturated heterocycles. The van der Waals surface area contributed by atoms with Gasteiger partial charge in [0, 0.05) is 13.1 Å².